The average Bonchev–Trinajstić information content (AvgIpc) is 3.90. The van der Waals surface area contributed by atoms with Gasteiger partial charge in [-0.15, -0.1) is 11.3 Å². The van der Waals surface area contributed by atoms with Crippen molar-refractivity contribution in [1.29, 1.82) is 10.5 Å². The Morgan fingerprint density at radius 3 is 1.66 bits per heavy atom. The Balaban J connectivity index is 1.17. The Hall–Kier alpha value is -6.86. The van der Waals surface area contributed by atoms with Crippen molar-refractivity contribution >= 4 is 97.1 Å². The number of rotatable bonds is 2. The van der Waals surface area contributed by atoms with E-state index >= 15 is 0 Å². The Labute approximate surface area is 288 Å². The van der Waals surface area contributed by atoms with Crippen molar-refractivity contribution in [3.63, 3.8) is 0 Å². The van der Waals surface area contributed by atoms with Crippen molar-refractivity contribution in [3.8, 4) is 23.5 Å². The van der Waals surface area contributed by atoms with Crippen LogP contribution in [-0.2, 0) is 0 Å². The highest BCUT2D eigenvalue weighted by Gasteiger charge is 2.19. The molecule has 0 saturated carbocycles. The zero-order chi connectivity index (χ0) is 33.1. The van der Waals surface area contributed by atoms with Gasteiger partial charge in [-0.25, -0.2) is 0 Å². The lowest BCUT2D eigenvalue weighted by Gasteiger charge is -2.09. The Bertz CT molecular complexity index is 3360. The molecule has 4 aromatic heterocycles. The summed E-state index contributed by atoms with van der Waals surface area (Å²) < 4.78 is 13.5. The summed E-state index contributed by atoms with van der Waals surface area (Å²) >= 11 is 1.81. The van der Waals surface area contributed by atoms with Crippen molar-refractivity contribution < 1.29 is 4.42 Å². The first-order valence-electron chi connectivity index (χ1n) is 16.4. The van der Waals surface area contributed by atoms with Gasteiger partial charge in [0, 0.05) is 63.9 Å². The highest BCUT2D eigenvalue weighted by molar-refractivity contribution is 7.25. The van der Waals surface area contributed by atoms with E-state index in [0.29, 0.717) is 11.1 Å². The predicted molar refractivity (Wildman–Crippen MR) is 205 cm³/mol. The van der Waals surface area contributed by atoms with Crippen LogP contribution >= 0.6 is 11.3 Å². The summed E-state index contributed by atoms with van der Waals surface area (Å²) in [6, 6.07) is 50.8. The third-order valence-electron chi connectivity index (χ3n) is 10.1. The number of hydrogen-bond acceptors (Lipinski definition) is 4. The van der Waals surface area contributed by atoms with Crippen LogP contribution in [0.15, 0.2) is 138 Å². The van der Waals surface area contributed by atoms with Crippen LogP contribution < -0.4 is 0 Å². The molecule has 11 rings (SSSR count). The SMILES string of the molecule is N#Cc1ccc2c(c1)c1ccccc1n2-c1ccc2oc3ccc(-n4c5ccc(C#N)cc5c5cc6c(cc54)sc4ccccc46)cc3c2c1. The van der Waals surface area contributed by atoms with Crippen LogP contribution in [0.4, 0.5) is 0 Å². The molecule has 0 fully saturated rings. The molecule has 0 unspecified atom stereocenters. The van der Waals surface area contributed by atoms with Gasteiger partial charge in [0.1, 0.15) is 11.2 Å². The molecule has 6 heteroatoms. The maximum atomic E-state index is 9.82. The zero-order valence-electron chi connectivity index (χ0n) is 26.3. The van der Waals surface area contributed by atoms with E-state index in [0.717, 1.165) is 76.9 Å². The fourth-order valence-corrected chi connectivity index (χ4v) is 9.06. The number of nitriles is 2. The fraction of sp³-hybridized carbons (Fsp3) is 0. The van der Waals surface area contributed by atoms with Crippen LogP contribution in [0.2, 0.25) is 0 Å². The Morgan fingerprint density at radius 1 is 0.420 bits per heavy atom. The van der Waals surface area contributed by atoms with Gasteiger partial charge in [-0.05, 0) is 97.1 Å². The normalized spacial score (nSPS) is 12.0. The molecule has 230 valence electrons. The van der Waals surface area contributed by atoms with Gasteiger partial charge in [0.25, 0.3) is 0 Å². The summed E-state index contributed by atoms with van der Waals surface area (Å²) in [5.74, 6) is 0. The molecular formula is C44H22N4OS. The second kappa shape index (κ2) is 9.84. The molecule has 50 heavy (non-hydrogen) atoms. The van der Waals surface area contributed by atoms with E-state index in [1.165, 1.54) is 20.2 Å². The van der Waals surface area contributed by atoms with Gasteiger partial charge in [-0.3, -0.25) is 0 Å². The molecule has 11 aromatic rings. The van der Waals surface area contributed by atoms with Crippen LogP contribution in [0.25, 0.3) is 97.1 Å². The molecular weight excluding hydrogens is 633 g/mol. The zero-order valence-corrected chi connectivity index (χ0v) is 27.1. The lowest BCUT2D eigenvalue weighted by atomic mass is 10.1. The topological polar surface area (TPSA) is 70.6 Å². The number of thiophene rings is 1. The smallest absolute Gasteiger partial charge is 0.135 e. The Kier molecular flexibility index (Phi) is 5.34. The minimum atomic E-state index is 0.643. The number of aromatic nitrogens is 2. The van der Waals surface area contributed by atoms with E-state index < -0.39 is 0 Å². The third kappa shape index (κ3) is 3.63. The van der Waals surface area contributed by atoms with Gasteiger partial charge in [0.05, 0.1) is 45.3 Å². The van der Waals surface area contributed by atoms with Crippen LogP contribution in [0.1, 0.15) is 11.1 Å². The molecule has 4 heterocycles. The first kappa shape index (κ1) is 27.1. The van der Waals surface area contributed by atoms with Crippen LogP contribution in [-0.4, -0.2) is 9.13 Å². The number of hydrogen-bond donors (Lipinski definition) is 0. The lowest BCUT2D eigenvalue weighted by molar-refractivity contribution is 0.669. The van der Waals surface area contributed by atoms with Gasteiger partial charge in [0.15, 0.2) is 0 Å². The second-order valence-electron chi connectivity index (χ2n) is 12.8. The number of benzene rings is 7. The molecule has 0 N–H and O–H groups in total. The number of furan rings is 1. The first-order valence-corrected chi connectivity index (χ1v) is 17.2. The molecule has 0 bridgehead atoms. The minimum Gasteiger partial charge on any atom is -0.456 e. The molecule has 0 aliphatic heterocycles. The van der Waals surface area contributed by atoms with E-state index in [4.69, 9.17) is 4.42 Å². The van der Waals surface area contributed by atoms with Gasteiger partial charge in [0.2, 0.25) is 0 Å². The summed E-state index contributed by atoms with van der Waals surface area (Å²) in [7, 11) is 0. The summed E-state index contributed by atoms with van der Waals surface area (Å²) in [6.07, 6.45) is 0. The maximum absolute atomic E-state index is 9.82. The average molecular weight is 655 g/mol. The van der Waals surface area contributed by atoms with Crippen molar-refractivity contribution in [2.45, 2.75) is 0 Å². The number of fused-ring (bicyclic) bond motifs is 12. The molecule has 0 saturated heterocycles. The summed E-state index contributed by atoms with van der Waals surface area (Å²) in [5.41, 5.74) is 9.26. The quantitative estimate of drug-likeness (QED) is 0.186. The van der Waals surface area contributed by atoms with Crippen LogP contribution in [0.5, 0.6) is 0 Å². The highest BCUT2D eigenvalue weighted by Crippen LogP contribution is 2.42. The summed E-state index contributed by atoms with van der Waals surface area (Å²) in [6.45, 7) is 0. The number of para-hydroxylation sites is 1. The Morgan fingerprint density at radius 2 is 0.980 bits per heavy atom. The van der Waals surface area contributed by atoms with Crippen molar-refractivity contribution in [2.75, 3.05) is 0 Å². The molecule has 0 amide bonds. The first-order chi connectivity index (χ1) is 24.7. The third-order valence-corrected chi connectivity index (χ3v) is 11.3. The number of nitrogens with zero attached hydrogens (tertiary/aromatic N) is 4. The van der Waals surface area contributed by atoms with Gasteiger partial charge in [-0.2, -0.15) is 10.5 Å². The van der Waals surface area contributed by atoms with E-state index in [-0.39, 0.29) is 0 Å². The monoisotopic (exact) mass is 654 g/mol. The largest absolute Gasteiger partial charge is 0.456 e. The predicted octanol–water partition coefficient (Wildman–Crippen LogP) is 11.9. The maximum Gasteiger partial charge on any atom is 0.135 e. The van der Waals surface area contributed by atoms with Crippen LogP contribution in [0, 0.1) is 22.7 Å². The van der Waals surface area contributed by atoms with Crippen molar-refractivity contribution in [3.05, 3.63) is 145 Å². The molecule has 0 aliphatic carbocycles. The van der Waals surface area contributed by atoms with Crippen molar-refractivity contribution in [1.82, 2.24) is 9.13 Å². The second-order valence-corrected chi connectivity index (χ2v) is 13.9. The molecule has 0 radical (unpaired) electrons. The van der Waals surface area contributed by atoms with E-state index in [1.807, 2.05) is 47.7 Å². The van der Waals surface area contributed by atoms with Gasteiger partial charge < -0.3 is 13.6 Å². The molecule has 0 spiro atoms. The molecule has 7 aromatic carbocycles. The molecule has 0 aliphatic rings. The minimum absolute atomic E-state index is 0.643. The van der Waals surface area contributed by atoms with E-state index in [9.17, 15) is 10.5 Å². The fourth-order valence-electron chi connectivity index (χ4n) is 7.94. The standard InChI is InChI=1S/C44H22N4OS/c45-23-25-9-13-38-31(17-25)29-5-1-3-7-37(29)47(38)27-11-15-41-34(19-27)35-20-28(12-16-42(35)49-41)48-39-14-10-26(24-46)18-32(39)33-21-36-30-6-2-4-8-43(30)50-44(36)22-40(33)48/h1-22H. The van der Waals surface area contributed by atoms with Crippen molar-refractivity contribution in [2.24, 2.45) is 0 Å². The van der Waals surface area contributed by atoms with Gasteiger partial charge in [-0.1, -0.05) is 36.4 Å². The summed E-state index contributed by atoms with van der Waals surface area (Å²) in [5, 5.41) is 28.3. The lowest BCUT2D eigenvalue weighted by Crippen LogP contribution is -1.94. The summed E-state index contributed by atoms with van der Waals surface area (Å²) in [4.78, 5) is 0. The van der Waals surface area contributed by atoms with E-state index in [1.54, 1.807) is 0 Å². The molecule has 5 nitrogen and oxygen atoms in total. The molecule has 0 atom stereocenters. The van der Waals surface area contributed by atoms with E-state index in [2.05, 4.69) is 118 Å². The van der Waals surface area contributed by atoms with Crippen LogP contribution in [0.3, 0.4) is 0 Å². The van der Waals surface area contributed by atoms with Gasteiger partial charge >= 0.3 is 0 Å². The highest BCUT2D eigenvalue weighted by atomic mass is 32.1.